The van der Waals surface area contributed by atoms with E-state index in [4.69, 9.17) is 10.5 Å². The molecule has 8 heteroatoms. The number of hydrogen-bond acceptors (Lipinski definition) is 5. The van der Waals surface area contributed by atoms with Gasteiger partial charge in [-0.05, 0) is 37.1 Å². The Hall–Kier alpha value is -2.87. The Labute approximate surface area is 159 Å². The smallest absolute Gasteiger partial charge is 0.246 e. The van der Waals surface area contributed by atoms with Gasteiger partial charge in [-0.1, -0.05) is 13.8 Å². The van der Waals surface area contributed by atoms with Crippen LogP contribution in [0.4, 0.5) is 11.4 Å². The quantitative estimate of drug-likeness (QED) is 0.624. The molecule has 27 heavy (non-hydrogen) atoms. The number of amides is 2. The summed E-state index contributed by atoms with van der Waals surface area (Å²) in [4.78, 5) is 24.7. The van der Waals surface area contributed by atoms with Gasteiger partial charge in [0.15, 0.2) is 0 Å². The van der Waals surface area contributed by atoms with Crippen molar-refractivity contribution < 1.29 is 14.3 Å². The number of aromatic nitrogens is 2. The minimum absolute atomic E-state index is 0.0332. The third-order valence-corrected chi connectivity index (χ3v) is 4.80. The summed E-state index contributed by atoms with van der Waals surface area (Å²) >= 11 is 0. The Morgan fingerprint density at radius 1 is 1.15 bits per heavy atom. The zero-order valence-electron chi connectivity index (χ0n) is 16.0. The van der Waals surface area contributed by atoms with Crippen LogP contribution in [0.15, 0.2) is 36.7 Å². The predicted molar refractivity (Wildman–Crippen MR) is 105 cm³/mol. The number of nitrogens with two attached hydrogens (primary N) is 1. The maximum atomic E-state index is 12.5. The van der Waals surface area contributed by atoms with Gasteiger partial charge in [-0.15, -0.1) is 0 Å². The monoisotopic (exact) mass is 373 g/mol. The fraction of sp³-hybridized carbons (Fsp3) is 0.421. The second-order valence-electron chi connectivity index (χ2n) is 6.35. The number of anilines is 2. The van der Waals surface area contributed by atoms with Gasteiger partial charge in [0, 0.05) is 18.4 Å². The highest BCUT2D eigenvalue weighted by molar-refractivity contribution is 5.95. The number of rotatable bonds is 9. The van der Waals surface area contributed by atoms with Gasteiger partial charge in [-0.3, -0.25) is 14.3 Å². The average molecular weight is 373 g/mol. The highest BCUT2D eigenvalue weighted by Crippen LogP contribution is 2.26. The molecule has 0 saturated heterocycles. The van der Waals surface area contributed by atoms with Crippen molar-refractivity contribution in [2.75, 3.05) is 24.3 Å². The van der Waals surface area contributed by atoms with Gasteiger partial charge in [0.1, 0.15) is 12.3 Å². The fourth-order valence-electron chi connectivity index (χ4n) is 2.75. The number of nitrogens with zero attached hydrogens (tertiary/aromatic N) is 2. The highest BCUT2D eigenvalue weighted by atomic mass is 16.5. The van der Waals surface area contributed by atoms with Crippen molar-refractivity contribution in [2.24, 2.45) is 11.1 Å². The lowest BCUT2D eigenvalue weighted by molar-refractivity contribution is -0.125. The number of carbonyl (C=O) groups is 2. The van der Waals surface area contributed by atoms with E-state index in [2.05, 4.69) is 15.7 Å². The summed E-state index contributed by atoms with van der Waals surface area (Å²) in [5.74, 6) is 0.366. The van der Waals surface area contributed by atoms with Crippen LogP contribution in [0.2, 0.25) is 0 Å². The molecule has 1 aromatic carbocycles. The second kappa shape index (κ2) is 9.18. The molecule has 0 saturated carbocycles. The van der Waals surface area contributed by atoms with E-state index in [1.165, 1.54) is 10.9 Å². The third-order valence-electron chi connectivity index (χ3n) is 4.80. The lowest BCUT2D eigenvalue weighted by atomic mass is 9.81. The number of benzene rings is 1. The molecule has 2 amide bonds. The van der Waals surface area contributed by atoms with E-state index in [0.29, 0.717) is 30.0 Å². The Balaban J connectivity index is 1.94. The maximum Gasteiger partial charge on any atom is 0.246 e. The zero-order valence-corrected chi connectivity index (χ0v) is 16.0. The summed E-state index contributed by atoms with van der Waals surface area (Å²) in [5.41, 5.74) is 6.42. The first-order chi connectivity index (χ1) is 13.0. The molecule has 0 spiro atoms. The van der Waals surface area contributed by atoms with Gasteiger partial charge in [0.25, 0.3) is 0 Å². The lowest BCUT2D eigenvalue weighted by Crippen LogP contribution is -2.41. The lowest BCUT2D eigenvalue weighted by Gasteiger charge is -2.28. The average Bonchev–Trinajstić information content (AvgIpc) is 3.10. The fourth-order valence-corrected chi connectivity index (χ4v) is 2.75. The largest absolute Gasteiger partial charge is 0.497 e. The standard InChI is InChI=1S/C19H27N5O3/c1-4-19(5-2,13-20)18(26)23-15-10-21-24(11-15)12-17(25)22-14-6-8-16(27-3)9-7-14/h6-11H,4-5,12-13,20H2,1-3H3,(H,22,25)(H,23,26). The predicted octanol–water partition coefficient (Wildman–Crippen LogP) is 2.23. The van der Waals surface area contributed by atoms with Crippen molar-refractivity contribution in [1.29, 1.82) is 0 Å². The topological polar surface area (TPSA) is 111 Å². The van der Waals surface area contributed by atoms with Gasteiger partial charge in [-0.2, -0.15) is 5.10 Å². The number of nitrogens with one attached hydrogen (secondary N) is 2. The van der Waals surface area contributed by atoms with Crippen LogP contribution >= 0.6 is 0 Å². The van der Waals surface area contributed by atoms with Crippen LogP contribution in [0, 0.1) is 5.41 Å². The van der Waals surface area contributed by atoms with Crippen LogP contribution in [-0.4, -0.2) is 35.2 Å². The first-order valence-electron chi connectivity index (χ1n) is 8.94. The number of hydrogen-bond donors (Lipinski definition) is 3. The molecule has 8 nitrogen and oxygen atoms in total. The summed E-state index contributed by atoms with van der Waals surface area (Å²) in [6.07, 6.45) is 4.46. The van der Waals surface area contributed by atoms with Crippen LogP contribution in [0.3, 0.4) is 0 Å². The molecule has 0 bridgehead atoms. The molecular formula is C19H27N5O3. The van der Waals surface area contributed by atoms with E-state index in [1.54, 1.807) is 37.6 Å². The second-order valence-corrected chi connectivity index (χ2v) is 6.35. The SMILES string of the molecule is CCC(CC)(CN)C(=O)Nc1cnn(CC(=O)Nc2ccc(OC)cc2)c1. The minimum Gasteiger partial charge on any atom is -0.497 e. The molecule has 0 aliphatic rings. The molecule has 0 radical (unpaired) electrons. The summed E-state index contributed by atoms with van der Waals surface area (Å²) in [6.45, 7) is 4.21. The molecule has 4 N–H and O–H groups in total. The summed E-state index contributed by atoms with van der Waals surface area (Å²) in [6, 6.07) is 7.05. The van der Waals surface area contributed by atoms with Crippen LogP contribution in [0.1, 0.15) is 26.7 Å². The molecule has 1 heterocycles. The van der Waals surface area contributed by atoms with Crippen LogP contribution in [0.25, 0.3) is 0 Å². The molecule has 0 fully saturated rings. The van der Waals surface area contributed by atoms with Crippen molar-refractivity contribution in [3.63, 3.8) is 0 Å². The molecule has 2 aromatic rings. The van der Waals surface area contributed by atoms with Crippen molar-refractivity contribution in [3.8, 4) is 5.75 Å². The number of ether oxygens (including phenoxy) is 1. The van der Waals surface area contributed by atoms with Crippen LogP contribution in [-0.2, 0) is 16.1 Å². The van der Waals surface area contributed by atoms with Crippen LogP contribution in [0.5, 0.6) is 5.75 Å². The minimum atomic E-state index is -0.589. The van der Waals surface area contributed by atoms with Crippen molar-refractivity contribution in [1.82, 2.24) is 9.78 Å². The van der Waals surface area contributed by atoms with E-state index in [1.807, 2.05) is 13.8 Å². The summed E-state index contributed by atoms with van der Waals surface area (Å²) < 4.78 is 6.55. The van der Waals surface area contributed by atoms with Crippen LogP contribution < -0.4 is 21.1 Å². The first kappa shape index (κ1) is 20.4. The first-order valence-corrected chi connectivity index (χ1v) is 8.94. The van der Waals surface area contributed by atoms with Gasteiger partial charge >= 0.3 is 0 Å². The highest BCUT2D eigenvalue weighted by Gasteiger charge is 2.33. The van der Waals surface area contributed by atoms with Gasteiger partial charge in [0.05, 0.1) is 24.4 Å². The molecular weight excluding hydrogens is 346 g/mol. The molecule has 0 atom stereocenters. The van der Waals surface area contributed by atoms with E-state index in [-0.39, 0.29) is 24.9 Å². The van der Waals surface area contributed by atoms with Crippen molar-refractivity contribution in [2.45, 2.75) is 33.2 Å². The molecule has 0 aliphatic carbocycles. The molecule has 0 aliphatic heterocycles. The van der Waals surface area contributed by atoms with E-state index in [9.17, 15) is 9.59 Å². The molecule has 1 aromatic heterocycles. The summed E-state index contributed by atoms with van der Waals surface area (Å²) in [5, 5.41) is 9.76. The van der Waals surface area contributed by atoms with Gasteiger partial charge < -0.3 is 21.1 Å². The van der Waals surface area contributed by atoms with E-state index >= 15 is 0 Å². The van der Waals surface area contributed by atoms with Gasteiger partial charge in [-0.25, -0.2) is 0 Å². The maximum absolute atomic E-state index is 12.5. The van der Waals surface area contributed by atoms with Crippen molar-refractivity contribution in [3.05, 3.63) is 36.7 Å². The Bertz CT molecular complexity index is 758. The third kappa shape index (κ3) is 5.07. The number of carbonyl (C=O) groups excluding carboxylic acids is 2. The molecule has 0 unspecified atom stereocenters. The van der Waals surface area contributed by atoms with Crippen molar-refractivity contribution >= 4 is 23.2 Å². The van der Waals surface area contributed by atoms with E-state index < -0.39 is 5.41 Å². The molecule has 2 rings (SSSR count). The van der Waals surface area contributed by atoms with E-state index in [0.717, 1.165) is 0 Å². The number of methoxy groups -OCH3 is 1. The Morgan fingerprint density at radius 2 is 1.81 bits per heavy atom. The zero-order chi connectivity index (χ0) is 19.9. The molecule has 146 valence electrons. The Morgan fingerprint density at radius 3 is 2.37 bits per heavy atom. The normalized spacial score (nSPS) is 11.1. The Kier molecular flexibility index (Phi) is 6.95. The summed E-state index contributed by atoms with van der Waals surface area (Å²) in [7, 11) is 1.58. The van der Waals surface area contributed by atoms with Gasteiger partial charge in [0.2, 0.25) is 11.8 Å².